The molecule has 1 aliphatic heterocycles. The summed E-state index contributed by atoms with van der Waals surface area (Å²) < 4.78 is 2.31. The second-order valence-corrected chi connectivity index (χ2v) is 6.23. The molecule has 0 saturated carbocycles. The maximum absolute atomic E-state index is 3.71. The molecule has 1 atom stereocenters. The van der Waals surface area contributed by atoms with E-state index in [2.05, 4.69) is 95.7 Å². The van der Waals surface area contributed by atoms with Crippen molar-refractivity contribution in [3.05, 3.63) is 83.7 Å². The van der Waals surface area contributed by atoms with Crippen LogP contribution in [0.2, 0.25) is 0 Å². The highest BCUT2D eigenvalue weighted by atomic mass is 15.1. The predicted molar refractivity (Wildman–Crippen MR) is 95.2 cm³/mol. The molecular weight excluding hydrogens is 282 g/mol. The molecule has 0 bridgehead atoms. The van der Waals surface area contributed by atoms with Gasteiger partial charge in [0.25, 0.3) is 0 Å². The van der Waals surface area contributed by atoms with E-state index in [0.717, 1.165) is 6.54 Å². The molecule has 0 fully saturated rings. The Kier molecular flexibility index (Phi) is 3.43. The number of nitrogens with zero attached hydrogens (tertiary/aromatic N) is 2. The number of hydrogen-bond acceptors (Lipinski definition) is 2. The molecule has 0 spiro atoms. The van der Waals surface area contributed by atoms with Crippen molar-refractivity contribution in [2.45, 2.75) is 12.6 Å². The topological polar surface area (TPSA) is 20.2 Å². The lowest BCUT2D eigenvalue weighted by molar-refractivity contribution is 0.601. The average molecular weight is 303 g/mol. The Balaban J connectivity index is 1.77. The van der Waals surface area contributed by atoms with Gasteiger partial charge in [0.15, 0.2) is 0 Å². The fraction of sp³-hybridized carbons (Fsp3) is 0.200. The summed E-state index contributed by atoms with van der Waals surface area (Å²) in [5.41, 5.74) is 6.40. The van der Waals surface area contributed by atoms with Gasteiger partial charge in [-0.2, -0.15) is 0 Å². The predicted octanol–water partition coefficient (Wildman–Crippen LogP) is 3.74. The molecule has 1 aromatic heterocycles. The van der Waals surface area contributed by atoms with Crippen LogP contribution >= 0.6 is 0 Å². The number of aromatic nitrogens is 1. The molecule has 0 aliphatic carbocycles. The molecule has 1 aliphatic rings. The summed E-state index contributed by atoms with van der Waals surface area (Å²) in [6, 6.07) is 22.0. The van der Waals surface area contributed by atoms with E-state index in [0.29, 0.717) is 0 Å². The monoisotopic (exact) mass is 303 g/mol. The second-order valence-electron chi connectivity index (χ2n) is 6.23. The smallest absolute Gasteiger partial charge is 0.0737 e. The highest BCUT2D eigenvalue weighted by Crippen LogP contribution is 2.31. The summed E-state index contributed by atoms with van der Waals surface area (Å²) in [5.74, 6) is 0. The molecule has 23 heavy (non-hydrogen) atoms. The summed E-state index contributed by atoms with van der Waals surface area (Å²) in [4.78, 5) is 2.13. The van der Waals surface area contributed by atoms with Crippen molar-refractivity contribution in [2.75, 3.05) is 19.0 Å². The molecule has 4 rings (SSSR count). The summed E-state index contributed by atoms with van der Waals surface area (Å²) in [5, 5.41) is 3.71. The fourth-order valence-corrected chi connectivity index (χ4v) is 3.31. The van der Waals surface area contributed by atoms with Gasteiger partial charge < -0.3 is 14.8 Å². The van der Waals surface area contributed by atoms with E-state index in [9.17, 15) is 0 Å². The van der Waals surface area contributed by atoms with Crippen LogP contribution in [0.25, 0.3) is 5.69 Å². The number of rotatable bonds is 2. The minimum absolute atomic E-state index is 0.202. The molecule has 3 nitrogen and oxygen atoms in total. The van der Waals surface area contributed by atoms with Gasteiger partial charge in [-0.1, -0.05) is 30.3 Å². The van der Waals surface area contributed by atoms with Gasteiger partial charge in [-0.15, -0.1) is 0 Å². The van der Waals surface area contributed by atoms with E-state index < -0.39 is 0 Å². The lowest BCUT2D eigenvalue weighted by atomic mass is 10.0. The lowest BCUT2D eigenvalue weighted by Gasteiger charge is -2.19. The minimum atomic E-state index is 0.202. The van der Waals surface area contributed by atoms with Gasteiger partial charge in [-0.25, -0.2) is 0 Å². The number of anilines is 1. The van der Waals surface area contributed by atoms with Gasteiger partial charge in [-0.05, 0) is 41.5 Å². The average Bonchev–Trinajstić information content (AvgIpc) is 2.99. The van der Waals surface area contributed by atoms with Gasteiger partial charge in [0.05, 0.1) is 6.04 Å². The van der Waals surface area contributed by atoms with Crippen LogP contribution in [0.15, 0.2) is 66.9 Å². The van der Waals surface area contributed by atoms with Crippen molar-refractivity contribution in [3.63, 3.8) is 0 Å². The Hall–Kier alpha value is -2.52. The SMILES string of the molecule is CN(C)c1ccc(C2NCc3ccccc3-n3cccc32)cc1. The molecule has 0 amide bonds. The van der Waals surface area contributed by atoms with Crippen LogP contribution in [0, 0.1) is 0 Å². The Bertz CT molecular complexity index is 815. The third kappa shape index (κ3) is 2.43. The fourth-order valence-electron chi connectivity index (χ4n) is 3.31. The van der Waals surface area contributed by atoms with Crippen LogP contribution in [0.4, 0.5) is 5.69 Å². The summed E-state index contributed by atoms with van der Waals surface area (Å²) in [6.07, 6.45) is 2.16. The van der Waals surface area contributed by atoms with E-state index in [1.165, 1.54) is 28.2 Å². The molecule has 3 aromatic rings. The summed E-state index contributed by atoms with van der Waals surface area (Å²) in [6.45, 7) is 0.873. The van der Waals surface area contributed by atoms with E-state index >= 15 is 0 Å². The molecule has 3 heteroatoms. The number of benzene rings is 2. The van der Waals surface area contributed by atoms with Gasteiger partial charge in [0, 0.05) is 43.9 Å². The first-order valence-corrected chi connectivity index (χ1v) is 8.00. The van der Waals surface area contributed by atoms with E-state index in [1.807, 2.05) is 0 Å². The number of fused-ring (bicyclic) bond motifs is 3. The van der Waals surface area contributed by atoms with Crippen molar-refractivity contribution in [3.8, 4) is 5.69 Å². The van der Waals surface area contributed by atoms with Crippen molar-refractivity contribution in [1.29, 1.82) is 0 Å². The largest absolute Gasteiger partial charge is 0.378 e. The Labute approximate surface area is 137 Å². The van der Waals surface area contributed by atoms with Crippen molar-refractivity contribution >= 4 is 5.69 Å². The van der Waals surface area contributed by atoms with Gasteiger partial charge >= 0.3 is 0 Å². The molecule has 0 radical (unpaired) electrons. The Morgan fingerprint density at radius 2 is 1.74 bits per heavy atom. The van der Waals surface area contributed by atoms with Gasteiger partial charge in [-0.3, -0.25) is 0 Å². The van der Waals surface area contributed by atoms with Crippen LogP contribution in [0.1, 0.15) is 22.9 Å². The standard InChI is InChI=1S/C20H21N3/c1-22(2)17-11-9-15(10-12-17)20-19-8-5-13-23(19)18-7-4-3-6-16(18)14-21-20/h3-13,20-21H,14H2,1-2H3. The van der Waals surface area contributed by atoms with Crippen LogP contribution in [-0.4, -0.2) is 18.7 Å². The molecule has 2 aromatic carbocycles. The van der Waals surface area contributed by atoms with Crippen LogP contribution in [0.5, 0.6) is 0 Å². The molecular formula is C20H21N3. The molecule has 1 N–H and O–H groups in total. The van der Waals surface area contributed by atoms with E-state index in [4.69, 9.17) is 0 Å². The lowest BCUT2D eigenvalue weighted by Crippen LogP contribution is -2.21. The molecule has 116 valence electrons. The number of nitrogens with one attached hydrogen (secondary N) is 1. The maximum Gasteiger partial charge on any atom is 0.0737 e. The third-order valence-corrected chi connectivity index (χ3v) is 4.57. The van der Waals surface area contributed by atoms with Crippen molar-refractivity contribution in [1.82, 2.24) is 9.88 Å². The number of hydrogen-bond donors (Lipinski definition) is 1. The van der Waals surface area contributed by atoms with Gasteiger partial charge in [0.1, 0.15) is 0 Å². The van der Waals surface area contributed by atoms with Crippen LogP contribution in [-0.2, 0) is 6.54 Å². The minimum Gasteiger partial charge on any atom is -0.378 e. The molecule has 1 unspecified atom stereocenters. The zero-order chi connectivity index (χ0) is 15.8. The quantitative estimate of drug-likeness (QED) is 0.778. The highest BCUT2D eigenvalue weighted by Gasteiger charge is 2.22. The van der Waals surface area contributed by atoms with E-state index in [-0.39, 0.29) is 6.04 Å². The first kappa shape index (κ1) is 14.1. The highest BCUT2D eigenvalue weighted by molar-refractivity contribution is 5.50. The van der Waals surface area contributed by atoms with E-state index in [1.54, 1.807) is 0 Å². The zero-order valence-electron chi connectivity index (χ0n) is 13.5. The Morgan fingerprint density at radius 3 is 2.52 bits per heavy atom. The second kappa shape index (κ2) is 5.60. The summed E-state index contributed by atoms with van der Waals surface area (Å²) in [7, 11) is 4.14. The molecule has 0 saturated heterocycles. The van der Waals surface area contributed by atoms with Gasteiger partial charge in [0.2, 0.25) is 0 Å². The first-order valence-electron chi connectivity index (χ1n) is 8.00. The first-order chi connectivity index (χ1) is 11.2. The molecule has 2 heterocycles. The third-order valence-electron chi connectivity index (χ3n) is 4.57. The normalized spacial score (nSPS) is 16.3. The van der Waals surface area contributed by atoms with Crippen molar-refractivity contribution < 1.29 is 0 Å². The number of para-hydroxylation sites is 1. The van der Waals surface area contributed by atoms with Crippen LogP contribution < -0.4 is 10.2 Å². The maximum atomic E-state index is 3.71. The summed E-state index contributed by atoms with van der Waals surface area (Å²) >= 11 is 0. The Morgan fingerprint density at radius 1 is 0.957 bits per heavy atom. The zero-order valence-corrected chi connectivity index (χ0v) is 13.5. The van der Waals surface area contributed by atoms with Crippen molar-refractivity contribution in [2.24, 2.45) is 0 Å². The van der Waals surface area contributed by atoms with Crippen LogP contribution in [0.3, 0.4) is 0 Å².